The van der Waals surface area contributed by atoms with Crippen molar-refractivity contribution in [2.24, 2.45) is 7.05 Å². The lowest BCUT2D eigenvalue weighted by molar-refractivity contribution is 0.103. The number of halogens is 1. The van der Waals surface area contributed by atoms with Crippen LogP contribution in [0.1, 0.15) is 17.0 Å². The highest BCUT2D eigenvalue weighted by molar-refractivity contribution is 6.32. The van der Waals surface area contributed by atoms with Crippen LogP contribution in [0.2, 0.25) is 5.02 Å². The van der Waals surface area contributed by atoms with Gasteiger partial charge in [-0.1, -0.05) is 54.1 Å². The van der Waals surface area contributed by atoms with Gasteiger partial charge in [-0.25, -0.2) is 4.68 Å². The summed E-state index contributed by atoms with van der Waals surface area (Å²) >= 11 is 6.34. The van der Waals surface area contributed by atoms with Gasteiger partial charge in [0.2, 0.25) is 0 Å². The SMILES string of the molecule is Cn1ccc(Cn2c(COCc3ccccc3)c3c(=O)n(-c4ccccc4Cl)[nH]c3cc2=O)n1. The third kappa shape index (κ3) is 4.21. The monoisotopic (exact) mass is 475 g/mol. The van der Waals surface area contributed by atoms with E-state index in [0.29, 0.717) is 39.6 Å². The van der Waals surface area contributed by atoms with E-state index in [1.165, 1.54) is 10.7 Å². The van der Waals surface area contributed by atoms with E-state index in [0.717, 1.165) is 5.56 Å². The summed E-state index contributed by atoms with van der Waals surface area (Å²) in [6.07, 6.45) is 1.81. The van der Waals surface area contributed by atoms with Crippen LogP contribution in [0.3, 0.4) is 0 Å². The number of aromatic amines is 1. The lowest BCUT2D eigenvalue weighted by Gasteiger charge is -2.13. The largest absolute Gasteiger partial charge is 0.371 e. The molecule has 0 aliphatic carbocycles. The van der Waals surface area contributed by atoms with Crippen LogP contribution in [0.4, 0.5) is 0 Å². The molecule has 2 aromatic carbocycles. The Hall–Kier alpha value is -3.88. The summed E-state index contributed by atoms with van der Waals surface area (Å²) in [6, 6.07) is 20.0. The van der Waals surface area contributed by atoms with Crippen molar-refractivity contribution < 1.29 is 4.74 Å². The van der Waals surface area contributed by atoms with Crippen molar-refractivity contribution in [3.8, 4) is 5.69 Å². The summed E-state index contributed by atoms with van der Waals surface area (Å²) in [5, 5.41) is 8.22. The molecule has 0 aliphatic rings. The van der Waals surface area contributed by atoms with Gasteiger partial charge in [0.1, 0.15) is 0 Å². The van der Waals surface area contributed by atoms with Gasteiger partial charge in [0, 0.05) is 19.3 Å². The van der Waals surface area contributed by atoms with Crippen molar-refractivity contribution >= 4 is 22.5 Å². The number of benzene rings is 2. The lowest BCUT2D eigenvalue weighted by Crippen LogP contribution is -2.26. The average molecular weight is 476 g/mol. The van der Waals surface area contributed by atoms with E-state index in [9.17, 15) is 9.59 Å². The minimum absolute atomic E-state index is 0.0733. The van der Waals surface area contributed by atoms with Crippen molar-refractivity contribution in [3.05, 3.63) is 116 Å². The van der Waals surface area contributed by atoms with Gasteiger partial charge in [0.15, 0.2) is 0 Å². The molecule has 34 heavy (non-hydrogen) atoms. The number of aromatic nitrogens is 5. The number of para-hydroxylation sites is 1. The first-order valence-electron chi connectivity index (χ1n) is 10.7. The molecule has 8 nitrogen and oxygen atoms in total. The predicted octanol–water partition coefficient (Wildman–Crippen LogP) is 3.63. The van der Waals surface area contributed by atoms with Crippen LogP contribution >= 0.6 is 11.6 Å². The number of pyridine rings is 1. The number of H-pyrrole nitrogens is 1. The van der Waals surface area contributed by atoms with E-state index in [-0.39, 0.29) is 24.3 Å². The normalized spacial score (nSPS) is 11.4. The first-order valence-corrected chi connectivity index (χ1v) is 11.1. The summed E-state index contributed by atoms with van der Waals surface area (Å²) < 4.78 is 10.5. The molecule has 0 unspecified atom stereocenters. The van der Waals surface area contributed by atoms with Crippen LogP contribution in [0.5, 0.6) is 0 Å². The second kappa shape index (κ2) is 9.17. The molecule has 0 bridgehead atoms. The highest BCUT2D eigenvalue weighted by Crippen LogP contribution is 2.21. The van der Waals surface area contributed by atoms with Crippen molar-refractivity contribution in [1.82, 2.24) is 24.1 Å². The summed E-state index contributed by atoms with van der Waals surface area (Å²) in [6.45, 7) is 0.637. The van der Waals surface area contributed by atoms with Gasteiger partial charge in [-0.3, -0.25) is 19.4 Å². The second-order valence-electron chi connectivity index (χ2n) is 7.97. The number of hydrogen-bond donors (Lipinski definition) is 1. The fraction of sp³-hybridized carbons (Fsp3) is 0.160. The maximum atomic E-state index is 13.5. The fourth-order valence-electron chi connectivity index (χ4n) is 3.98. The molecule has 0 saturated heterocycles. The van der Waals surface area contributed by atoms with E-state index in [2.05, 4.69) is 10.2 Å². The van der Waals surface area contributed by atoms with Gasteiger partial charge in [-0.15, -0.1) is 0 Å². The number of hydrogen-bond acceptors (Lipinski definition) is 4. The van der Waals surface area contributed by atoms with E-state index >= 15 is 0 Å². The minimum atomic E-state index is -0.309. The van der Waals surface area contributed by atoms with Gasteiger partial charge in [-0.2, -0.15) is 5.10 Å². The van der Waals surface area contributed by atoms with E-state index in [1.54, 1.807) is 33.5 Å². The average Bonchev–Trinajstić information content (AvgIpc) is 3.39. The number of nitrogens with one attached hydrogen (secondary N) is 1. The zero-order valence-corrected chi connectivity index (χ0v) is 19.2. The molecular formula is C25H22ClN5O3. The molecule has 3 aromatic heterocycles. The van der Waals surface area contributed by atoms with E-state index < -0.39 is 0 Å². The molecule has 5 rings (SSSR count). The first-order chi connectivity index (χ1) is 16.5. The zero-order valence-electron chi connectivity index (χ0n) is 18.4. The molecule has 0 amide bonds. The number of aryl methyl sites for hydroxylation is 1. The van der Waals surface area contributed by atoms with Crippen LogP contribution in [-0.4, -0.2) is 24.1 Å². The van der Waals surface area contributed by atoms with Crippen molar-refractivity contribution in [2.75, 3.05) is 0 Å². The Bertz CT molecular complexity index is 1580. The van der Waals surface area contributed by atoms with Gasteiger partial charge in [-0.05, 0) is 23.8 Å². The van der Waals surface area contributed by atoms with Crippen molar-refractivity contribution in [2.45, 2.75) is 19.8 Å². The topological polar surface area (TPSA) is 86.8 Å². The highest BCUT2D eigenvalue weighted by atomic mass is 35.5. The quantitative estimate of drug-likeness (QED) is 0.389. The molecule has 3 heterocycles. The van der Waals surface area contributed by atoms with E-state index in [4.69, 9.17) is 16.3 Å². The smallest absolute Gasteiger partial charge is 0.281 e. The molecule has 172 valence electrons. The molecule has 9 heteroatoms. The first kappa shape index (κ1) is 21.9. The third-order valence-corrected chi connectivity index (χ3v) is 5.92. The van der Waals surface area contributed by atoms with Gasteiger partial charge < -0.3 is 9.30 Å². The fourth-order valence-corrected chi connectivity index (χ4v) is 4.20. The summed E-state index contributed by atoms with van der Waals surface area (Å²) in [5.74, 6) is 0. The Kier molecular flexibility index (Phi) is 5.91. The Balaban J connectivity index is 1.63. The Labute approximate surface area is 199 Å². The second-order valence-corrected chi connectivity index (χ2v) is 8.37. The van der Waals surface area contributed by atoms with Crippen molar-refractivity contribution in [3.63, 3.8) is 0 Å². The Morgan fingerprint density at radius 3 is 2.50 bits per heavy atom. The van der Waals surface area contributed by atoms with Gasteiger partial charge >= 0.3 is 0 Å². The highest BCUT2D eigenvalue weighted by Gasteiger charge is 2.19. The maximum absolute atomic E-state index is 13.5. The molecule has 0 aliphatic heterocycles. The summed E-state index contributed by atoms with van der Waals surface area (Å²) in [4.78, 5) is 26.7. The molecule has 0 radical (unpaired) electrons. The lowest BCUT2D eigenvalue weighted by atomic mass is 10.2. The van der Waals surface area contributed by atoms with Crippen molar-refractivity contribution in [1.29, 1.82) is 0 Å². The van der Waals surface area contributed by atoms with Crippen LogP contribution in [0.15, 0.2) is 82.5 Å². The number of rotatable bonds is 7. The maximum Gasteiger partial charge on any atom is 0.281 e. The van der Waals surface area contributed by atoms with Crippen LogP contribution in [0, 0.1) is 0 Å². The molecule has 0 atom stereocenters. The molecule has 5 aromatic rings. The standard InChI is InChI=1S/C25H22ClN5O3/c1-29-12-11-18(27-29)14-30-22(16-34-15-17-7-3-2-4-8-17)24-20(13-23(30)32)28-31(25(24)33)21-10-6-5-9-19(21)26/h2-13,28H,14-16H2,1H3. The van der Waals surface area contributed by atoms with Gasteiger partial charge in [0.05, 0.1) is 52.8 Å². The van der Waals surface area contributed by atoms with Crippen LogP contribution < -0.4 is 11.1 Å². The molecule has 0 saturated carbocycles. The number of ether oxygens (including phenoxy) is 1. The summed E-state index contributed by atoms with van der Waals surface area (Å²) in [7, 11) is 1.81. The number of fused-ring (bicyclic) bond motifs is 1. The third-order valence-electron chi connectivity index (χ3n) is 5.60. The summed E-state index contributed by atoms with van der Waals surface area (Å²) in [5.41, 5.74) is 2.54. The number of nitrogens with zero attached hydrogens (tertiary/aromatic N) is 4. The predicted molar refractivity (Wildman–Crippen MR) is 130 cm³/mol. The Morgan fingerprint density at radius 2 is 1.76 bits per heavy atom. The molecule has 0 spiro atoms. The molecule has 1 N–H and O–H groups in total. The van der Waals surface area contributed by atoms with Crippen LogP contribution in [-0.2, 0) is 31.5 Å². The van der Waals surface area contributed by atoms with Gasteiger partial charge in [0.25, 0.3) is 11.1 Å². The minimum Gasteiger partial charge on any atom is -0.371 e. The molecule has 0 fully saturated rings. The zero-order chi connectivity index (χ0) is 23.7. The van der Waals surface area contributed by atoms with E-state index in [1.807, 2.05) is 49.6 Å². The van der Waals surface area contributed by atoms with Crippen LogP contribution in [0.25, 0.3) is 16.6 Å². The molecular weight excluding hydrogens is 454 g/mol. The Morgan fingerprint density at radius 1 is 1.00 bits per heavy atom.